The summed E-state index contributed by atoms with van der Waals surface area (Å²) in [6.07, 6.45) is 2.27. The molecular formula is C14H15NO2. The molecule has 1 atom stereocenters. The highest BCUT2D eigenvalue weighted by Crippen LogP contribution is 2.38. The molecular weight excluding hydrogens is 214 g/mol. The predicted molar refractivity (Wildman–Crippen MR) is 66.2 cm³/mol. The van der Waals surface area contributed by atoms with E-state index in [1.165, 1.54) is 0 Å². The first kappa shape index (κ1) is 10.5. The summed E-state index contributed by atoms with van der Waals surface area (Å²) in [5, 5.41) is 11.1. The summed E-state index contributed by atoms with van der Waals surface area (Å²) < 4.78 is 5.52. The summed E-state index contributed by atoms with van der Waals surface area (Å²) >= 11 is 0. The Morgan fingerprint density at radius 1 is 1.35 bits per heavy atom. The van der Waals surface area contributed by atoms with Crippen molar-refractivity contribution in [1.82, 2.24) is 4.98 Å². The van der Waals surface area contributed by atoms with Crippen LogP contribution in [0.2, 0.25) is 0 Å². The number of aromatic nitrogens is 1. The molecule has 1 aliphatic carbocycles. The van der Waals surface area contributed by atoms with Gasteiger partial charge in [-0.25, -0.2) is 4.98 Å². The van der Waals surface area contributed by atoms with Gasteiger partial charge in [0, 0.05) is 10.9 Å². The van der Waals surface area contributed by atoms with Gasteiger partial charge in [-0.3, -0.25) is 0 Å². The van der Waals surface area contributed by atoms with E-state index in [-0.39, 0.29) is 0 Å². The Kier molecular flexibility index (Phi) is 2.48. The second-order valence-electron chi connectivity index (χ2n) is 4.43. The van der Waals surface area contributed by atoms with Crippen LogP contribution in [0.3, 0.4) is 0 Å². The Labute approximate surface area is 100 Å². The van der Waals surface area contributed by atoms with Crippen molar-refractivity contribution in [3.63, 3.8) is 0 Å². The molecule has 0 bridgehead atoms. The summed E-state index contributed by atoms with van der Waals surface area (Å²) in [7, 11) is 1.68. The second kappa shape index (κ2) is 4.00. The van der Waals surface area contributed by atoms with E-state index >= 15 is 0 Å². The van der Waals surface area contributed by atoms with Gasteiger partial charge in [0.15, 0.2) is 0 Å². The number of benzene rings is 1. The lowest BCUT2D eigenvalue weighted by molar-refractivity contribution is 0.151. The fourth-order valence-electron chi connectivity index (χ4n) is 2.60. The van der Waals surface area contributed by atoms with Crippen molar-refractivity contribution in [2.45, 2.75) is 25.4 Å². The number of para-hydroxylation sites is 1. The van der Waals surface area contributed by atoms with Crippen LogP contribution in [0.5, 0.6) is 5.75 Å². The van der Waals surface area contributed by atoms with Crippen molar-refractivity contribution in [1.29, 1.82) is 0 Å². The van der Waals surface area contributed by atoms with Gasteiger partial charge >= 0.3 is 0 Å². The molecule has 0 saturated carbocycles. The molecule has 1 unspecified atom stereocenters. The summed E-state index contributed by atoms with van der Waals surface area (Å²) in [4.78, 5) is 4.58. The van der Waals surface area contributed by atoms with Crippen LogP contribution >= 0.6 is 0 Å². The molecule has 3 rings (SSSR count). The van der Waals surface area contributed by atoms with Gasteiger partial charge in [-0.1, -0.05) is 12.1 Å². The maximum Gasteiger partial charge on any atom is 0.133 e. The molecule has 1 N–H and O–H groups in total. The molecule has 1 aliphatic rings. The Morgan fingerprint density at radius 2 is 2.18 bits per heavy atom. The van der Waals surface area contributed by atoms with Crippen LogP contribution < -0.4 is 4.74 Å². The Bertz CT molecular complexity index is 565. The lowest BCUT2D eigenvalue weighted by Gasteiger charge is -2.23. The molecule has 0 spiro atoms. The van der Waals surface area contributed by atoms with E-state index in [9.17, 15) is 5.11 Å². The molecule has 17 heavy (non-hydrogen) atoms. The van der Waals surface area contributed by atoms with E-state index in [0.29, 0.717) is 0 Å². The summed E-state index contributed by atoms with van der Waals surface area (Å²) in [5.41, 5.74) is 2.76. The van der Waals surface area contributed by atoms with Crippen LogP contribution in [0.15, 0.2) is 24.3 Å². The normalized spacial score (nSPS) is 19.1. The molecule has 3 nitrogen and oxygen atoms in total. The van der Waals surface area contributed by atoms with E-state index in [0.717, 1.165) is 47.2 Å². The van der Waals surface area contributed by atoms with Gasteiger partial charge in [0.25, 0.3) is 0 Å². The Hall–Kier alpha value is -1.61. The van der Waals surface area contributed by atoms with Gasteiger partial charge < -0.3 is 9.84 Å². The molecule has 1 aromatic heterocycles. The van der Waals surface area contributed by atoms with Crippen molar-refractivity contribution < 1.29 is 9.84 Å². The SMILES string of the molecule is COc1c2c(nc3ccccc13)C(O)CCC2. The molecule has 88 valence electrons. The first-order valence-electron chi connectivity index (χ1n) is 5.95. The van der Waals surface area contributed by atoms with Crippen LogP contribution in [-0.4, -0.2) is 17.2 Å². The number of nitrogens with zero attached hydrogens (tertiary/aromatic N) is 1. The number of ether oxygens (including phenoxy) is 1. The zero-order chi connectivity index (χ0) is 11.8. The standard InChI is InChI=1S/C14H15NO2/c1-17-14-9-5-2-3-7-11(9)15-13-10(14)6-4-8-12(13)16/h2-3,5,7,12,16H,4,6,8H2,1H3. The van der Waals surface area contributed by atoms with Crippen molar-refractivity contribution in [2.75, 3.05) is 7.11 Å². The molecule has 1 aromatic carbocycles. The third-order valence-corrected chi connectivity index (χ3v) is 3.40. The van der Waals surface area contributed by atoms with Gasteiger partial charge in [-0.2, -0.15) is 0 Å². The third-order valence-electron chi connectivity index (χ3n) is 3.40. The summed E-state index contributed by atoms with van der Waals surface area (Å²) in [5.74, 6) is 0.879. The van der Waals surface area contributed by atoms with E-state index in [1.807, 2.05) is 24.3 Å². The van der Waals surface area contributed by atoms with Gasteiger partial charge in [0.05, 0.1) is 24.4 Å². The van der Waals surface area contributed by atoms with Gasteiger partial charge in [0.1, 0.15) is 5.75 Å². The highest BCUT2D eigenvalue weighted by molar-refractivity contribution is 5.87. The van der Waals surface area contributed by atoms with Gasteiger partial charge in [0.2, 0.25) is 0 Å². The Morgan fingerprint density at radius 3 is 3.00 bits per heavy atom. The average Bonchev–Trinajstić information content (AvgIpc) is 2.37. The summed E-state index contributed by atoms with van der Waals surface area (Å²) in [6.45, 7) is 0. The van der Waals surface area contributed by atoms with Crippen molar-refractivity contribution in [2.24, 2.45) is 0 Å². The highest BCUT2D eigenvalue weighted by atomic mass is 16.5. The third kappa shape index (κ3) is 1.58. The summed E-state index contributed by atoms with van der Waals surface area (Å²) in [6, 6.07) is 7.91. The number of fused-ring (bicyclic) bond motifs is 2. The number of methoxy groups -OCH3 is 1. The minimum Gasteiger partial charge on any atom is -0.496 e. The number of hydrogen-bond acceptors (Lipinski definition) is 3. The number of aliphatic hydroxyl groups excluding tert-OH is 1. The number of pyridine rings is 1. The predicted octanol–water partition coefficient (Wildman–Crippen LogP) is 2.61. The lowest BCUT2D eigenvalue weighted by Crippen LogP contribution is -2.13. The monoisotopic (exact) mass is 229 g/mol. The smallest absolute Gasteiger partial charge is 0.133 e. The Balaban J connectivity index is 2.36. The average molecular weight is 229 g/mol. The fourth-order valence-corrected chi connectivity index (χ4v) is 2.60. The minimum atomic E-state index is -0.447. The first-order chi connectivity index (χ1) is 8.31. The highest BCUT2D eigenvalue weighted by Gasteiger charge is 2.24. The molecule has 0 saturated heterocycles. The number of hydrogen-bond donors (Lipinski definition) is 1. The van der Waals surface area contributed by atoms with Crippen LogP contribution in [0.1, 0.15) is 30.2 Å². The molecule has 0 fully saturated rings. The maximum absolute atomic E-state index is 10.0. The number of aliphatic hydroxyl groups is 1. The van der Waals surface area contributed by atoms with E-state index < -0.39 is 6.10 Å². The molecule has 0 aliphatic heterocycles. The molecule has 0 amide bonds. The van der Waals surface area contributed by atoms with E-state index in [1.54, 1.807) is 7.11 Å². The molecule has 0 radical (unpaired) electrons. The van der Waals surface area contributed by atoms with Crippen molar-refractivity contribution in [3.8, 4) is 5.75 Å². The van der Waals surface area contributed by atoms with E-state index in [2.05, 4.69) is 4.98 Å². The fraction of sp³-hybridized carbons (Fsp3) is 0.357. The molecule has 1 heterocycles. The number of rotatable bonds is 1. The topological polar surface area (TPSA) is 42.4 Å². The quantitative estimate of drug-likeness (QED) is 0.817. The largest absolute Gasteiger partial charge is 0.496 e. The van der Waals surface area contributed by atoms with Crippen LogP contribution in [0, 0.1) is 0 Å². The molecule has 2 aromatic rings. The zero-order valence-corrected chi connectivity index (χ0v) is 9.81. The van der Waals surface area contributed by atoms with Gasteiger partial charge in [-0.15, -0.1) is 0 Å². The maximum atomic E-state index is 10.0. The van der Waals surface area contributed by atoms with Crippen LogP contribution in [0.4, 0.5) is 0 Å². The van der Waals surface area contributed by atoms with E-state index in [4.69, 9.17) is 4.74 Å². The lowest BCUT2D eigenvalue weighted by atomic mass is 9.91. The van der Waals surface area contributed by atoms with Crippen molar-refractivity contribution in [3.05, 3.63) is 35.5 Å². The minimum absolute atomic E-state index is 0.447. The second-order valence-corrected chi connectivity index (χ2v) is 4.43. The van der Waals surface area contributed by atoms with Gasteiger partial charge in [-0.05, 0) is 31.4 Å². The first-order valence-corrected chi connectivity index (χ1v) is 5.95. The van der Waals surface area contributed by atoms with Crippen LogP contribution in [-0.2, 0) is 6.42 Å². The van der Waals surface area contributed by atoms with Crippen LogP contribution in [0.25, 0.3) is 10.9 Å². The van der Waals surface area contributed by atoms with Crippen molar-refractivity contribution >= 4 is 10.9 Å². The molecule has 3 heteroatoms. The zero-order valence-electron chi connectivity index (χ0n) is 9.81.